The monoisotopic (exact) mass is 464 g/mol. The summed E-state index contributed by atoms with van der Waals surface area (Å²) in [5.74, 6) is 0.00599. The van der Waals surface area contributed by atoms with Crippen LogP contribution >= 0.6 is 0 Å². The minimum atomic E-state index is -0.790. The smallest absolute Gasteiger partial charge is 0.257 e. The molecule has 2 N–H and O–H groups in total. The average molecular weight is 465 g/mol. The Morgan fingerprint density at radius 2 is 1.85 bits per heavy atom. The van der Waals surface area contributed by atoms with Crippen molar-refractivity contribution in [2.24, 2.45) is 5.92 Å². The number of nitrogens with zero attached hydrogens (tertiary/aromatic N) is 2. The first-order valence-corrected chi connectivity index (χ1v) is 11.4. The molecule has 0 radical (unpaired) electrons. The predicted octanol–water partition coefficient (Wildman–Crippen LogP) is 2.61. The van der Waals surface area contributed by atoms with Crippen molar-refractivity contribution >= 4 is 22.7 Å². The van der Waals surface area contributed by atoms with Crippen LogP contribution in [0.25, 0.3) is 10.9 Å². The summed E-state index contributed by atoms with van der Waals surface area (Å²) in [5.41, 5.74) is 1.11. The first-order valence-electron chi connectivity index (χ1n) is 11.4. The molecule has 2 aromatic heterocycles. The van der Waals surface area contributed by atoms with Gasteiger partial charge in [-0.15, -0.1) is 0 Å². The molecule has 0 fully saturated rings. The van der Waals surface area contributed by atoms with Gasteiger partial charge in [0.05, 0.1) is 10.9 Å². The molecule has 2 atom stereocenters. The van der Waals surface area contributed by atoms with Crippen molar-refractivity contribution in [3.05, 3.63) is 64.2 Å². The van der Waals surface area contributed by atoms with Crippen LogP contribution in [0.2, 0.25) is 0 Å². The molecule has 1 aromatic carbocycles. The minimum Gasteiger partial charge on any atom is -0.454 e. The lowest BCUT2D eigenvalue weighted by Gasteiger charge is -2.24. The van der Waals surface area contributed by atoms with Crippen LogP contribution in [0.4, 0.5) is 0 Å². The van der Waals surface area contributed by atoms with Crippen LogP contribution in [0.15, 0.2) is 47.7 Å². The predicted molar refractivity (Wildman–Crippen MR) is 127 cm³/mol. The number of fused-ring (bicyclic) bond motifs is 2. The SMILES string of the molecule is CC[C@H](C)[C@H](NC(=O)c1cn(CC)c2cc3c(cc2c1=O)OCO3)C(=O)NCc1ccncc1. The lowest BCUT2D eigenvalue weighted by molar-refractivity contribution is -0.124. The van der Waals surface area contributed by atoms with E-state index in [1.165, 1.54) is 6.20 Å². The standard InChI is InChI=1S/C25H28N4O5/c1-4-15(3)22(25(32)27-12-16-6-8-26-9-7-16)28-24(31)18-13-29(5-2)19-11-21-20(33-14-34-21)10-17(19)23(18)30/h6-11,13,15,22H,4-5,12,14H2,1-3H3,(H,27,32)(H,28,31)/t15-,22-/m0/s1. The van der Waals surface area contributed by atoms with E-state index in [1.807, 2.05) is 37.5 Å². The van der Waals surface area contributed by atoms with Crippen LogP contribution < -0.4 is 25.5 Å². The Balaban J connectivity index is 1.61. The Kier molecular flexibility index (Phi) is 6.81. The molecule has 0 saturated heterocycles. The number of aryl methyl sites for hydroxylation is 1. The molecule has 4 rings (SSSR count). The summed E-state index contributed by atoms with van der Waals surface area (Å²) >= 11 is 0. The number of hydrogen-bond donors (Lipinski definition) is 2. The Morgan fingerprint density at radius 1 is 1.15 bits per heavy atom. The Bertz CT molecular complexity index is 1270. The Labute approximate surface area is 197 Å². The molecule has 34 heavy (non-hydrogen) atoms. The largest absolute Gasteiger partial charge is 0.454 e. The van der Waals surface area contributed by atoms with Crippen molar-refractivity contribution in [2.75, 3.05) is 6.79 Å². The summed E-state index contributed by atoms with van der Waals surface area (Å²) in [6.45, 7) is 6.70. The number of aromatic nitrogens is 2. The molecule has 9 nitrogen and oxygen atoms in total. The third-order valence-corrected chi connectivity index (χ3v) is 6.16. The average Bonchev–Trinajstić information content (AvgIpc) is 3.33. The molecular weight excluding hydrogens is 436 g/mol. The molecule has 0 saturated carbocycles. The van der Waals surface area contributed by atoms with Gasteiger partial charge in [-0.3, -0.25) is 19.4 Å². The van der Waals surface area contributed by atoms with Crippen molar-refractivity contribution in [1.82, 2.24) is 20.2 Å². The van der Waals surface area contributed by atoms with Crippen molar-refractivity contribution in [3.63, 3.8) is 0 Å². The fraction of sp³-hybridized carbons (Fsp3) is 0.360. The van der Waals surface area contributed by atoms with Gasteiger partial charge in [0.2, 0.25) is 18.1 Å². The van der Waals surface area contributed by atoms with Gasteiger partial charge in [0.1, 0.15) is 11.6 Å². The normalized spacial score (nSPS) is 14.0. The number of nitrogens with one attached hydrogen (secondary N) is 2. The molecular formula is C25H28N4O5. The highest BCUT2D eigenvalue weighted by Gasteiger charge is 2.28. The van der Waals surface area contributed by atoms with E-state index in [4.69, 9.17) is 9.47 Å². The lowest BCUT2D eigenvalue weighted by Crippen LogP contribution is -2.50. The molecule has 0 aliphatic carbocycles. The molecule has 2 amide bonds. The van der Waals surface area contributed by atoms with Crippen LogP contribution in [0.1, 0.15) is 43.1 Å². The van der Waals surface area contributed by atoms with E-state index in [2.05, 4.69) is 15.6 Å². The quantitative estimate of drug-likeness (QED) is 0.530. The van der Waals surface area contributed by atoms with E-state index in [1.54, 1.807) is 24.5 Å². The second-order valence-electron chi connectivity index (χ2n) is 8.29. The number of amides is 2. The van der Waals surface area contributed by atoms with Gasteiger partial charge in [0, 0.05) is 37.7 Å². The number of hydrogen-bond acceptors (Lipinski definition) is 6. The maximum Gasteiger partial charge on any atom is 0.257 e. The second-order valence-corrected chi connectivity index (χ2v) is 8.29. The zero-order valence-corrected chi connectivity index (χ0v) is 19.5. The third-order valence-electron chi connectivity index (χ3n) is 6.16. The van der Waals surface area contributed by atoms with Gasteiger partial charge in [-0.2, -0.15) is 0 Å². The summed E-state index contributed by atoms with van der Waals surface area (Å²) in [5, 5.41) is 6.03. The Morgan fingerprint density at radius 3 is 2.53 bits per heavy atom. The van der Waals surface area contributed by atoms with E-state index in [0.717, 1.165) is 5.56 Å². The summed E-state index contributed by atoms with van der Waals surface area (Å²) in [6.07, 6.45) is 5.51. The minimum absolute atomic E-state index is 0.0246. The van der Waals surface area contributed by atoms with Crippen molar-refractivity contribution < 1.29 is 19.1 Å². The molecule has 0 bridgehead atoms. The second kappa shape index (κ2) is 9.94. The van der Waals surface area contributed by atoms with Crippen LogP contribution in [0.5, 0.6) is 11.5 Å². The van der Waals surface area contributed by atoms with Crippen molar-refractivity contribution in [1.29, 1.82) is 0 Å². The van der Waals surface area contributed by atoms with E-state index in [-0.39, 0.29) is 24.2 Å². The van der Waals surface area contributed by atoms with Gasteiger partial charge >= 0.3 is 0 Å². The highest BCUT2D eigenvalue weighted by molar-refractivity contribution is 6.00. The van der Waals surface area contributed by atoms with Gasteiger partial charge in [0.25, 0.3) is 5.91 Å². The zero-order chi connectivity index (χ0) is 24.2. The summed E-state index contributed by atoms with van der Waals surface area (Å²) < 4.78 is 12.7. The van der Waals surface area contributed by atoms with E-state index in [0.29, 0.717) is 41.9 Å². The van der Waals surface area contributed by atoms with Crippen LogP contribution in [-0.2, 0) is 17.9 Å². The van der Waals surface area contributed by atoms with Gasteiger partial charge in [-0.25, -0.2) is 0 Å². The lowest BCUT2D eigenvalue weighted by atomic mass is 9.97. The van der Waals surface area contributed by atoms with Crippen molar-refractivity contribution in [2.45, 2.75) is 46.3 Å². The summed E-state index contributed by atoms with van der Waals surface area (Å²) in [4.78, 5) is 43.5. The third kappa shape index (κ3) is 4.59. The number of carbonyl (C=O) groups excluding carboxylic acids is 2. The zero-order valence-electron chi connectivity index (χ0n) is 19.5. The maximum atomic E-state index is 13.3. The molecule has 1 aliphatic rings. The molecule has 1 aliphatic heterocycles. The molecule has 9 heteroatoms. The summed E-state index contributed by atoms with van der Waals surface area (Å²) in [7, 11) is 0. The van der Waals surface area contributed by atoms with Gasteiger partial charge in [-0.05, 0) is 36.6 Å². The van der Waals surface area contributed by atoms with E-state index >= 15 is 0 Å². The first-order chi connectivity index (χ1) is 16.4. The van der Waals surface area contributed by atoms with Crippen LogP contribution in [0.3, 0.4) is 0 Å². The molecule has 3 aromatic rings. The highest BCUT2D eigenvalue weighted by atomic mass is 16.7. The molecule has 3 heterocycles. The van der Waals surface area contributed by atoms with Gasteiger partial charge < -0.3 is 24.7 Å². The molecule has 0 unspecified atom stereocenters. The van der Waals surface area contributed by atoms with Crippen LogP contribution in [0, 0.1) is 5.92 Å². The molecule has 0 spiro atoms. The van der Waals surface area contributed by atoms with E-state index in [9.17, 15) is 14.4 Å². The van der Waals surface area contributed by atoms with Gasteiger partial charge in [0.15, 0.2) is 11.5 Å². The number of benzene rings is 1. The van der Waals surface area contributed by atoms with Gasteiger partial charge in [-0.1, -0.05) is 20.3 Å². The highest BCUT2D eigenvalue weighted by Crippen LogP contribution is 2.35. The number of rotatable bonds is 8. The number of carbonyl (C=O) groups is 2. The maximum absolute atomic E-state index is 13.3. The van der Waals surface area contributed by atoms with Crippen LogP contribution in [-0.4, -0.2) is 34.2 Å². The first kappa shape index (κ1) is 23.3. The van der Waals surface area contributed by atoms with Crippen molar-refractivity contribution in [3.8, 4) is 11.5 Å². The Hall–Kier alpha value is -3.88. The number of ether oxygens (including phenoxy) is 2. The van der Waals surface area contributed by atoms with E-state index < -0.39 is 17.4 Å². The topological polar surface area (TPSA) is 112 Å². The number of pyridine rings is 2. The molecule has 178 valence electrons. The fourth-order valence-electron chi connectivity index (χ4n) is 3.92. The summed E-state index contributed by atoms with van der Waals surface area (Å²) in [6, 6.07) is 6.19. The fourth-order valence-corrected chi connectivity index (χ4v) is 3.92.